The zero-order valence-electron chi connectivity index (χ0n) is 11.7. The van der Waals surface area contributed by atoms with Crippen molar-refractivity contribution in [3.05, 3.63) is 35.9 Å². The predicted molar refractivity (Wildman–Crippen MR) is 73.9 cm³/mol. The summed E-state index contributed by atoms with van der Waals surface area (Å²) in [5.41, 5.74) is 1.84. The lowest BCUT2D eigenvalue weighted by molar-refractivity contribution is 0.399. The molecule has 0 bridgehead atoms. The first-order valence-corrected chi connectivity index (χ1v) is 6.23. The van der Waals surface area contributed by atoms with Crippen LogP contribution in [0.3, 0.4) is 0 Å². The number of aliphatic hydroxyl groups is 1. The van der Waals surface area contributed by atoms with Gasteiger partial charge in [-0.05, 0) is 23.8 Å². The van der Waals surface area contributed by atoms with Gasteiger partial charge in [-0.3, -0.25) is 0 Å². The van der Waals surface area contributed by atoms with E-state index in [1.165, 1.54) is 18.4 Å². The van der Waals surface area contributed by atoms with Crippen LogP contribution in [0.25, 0.3) is 0 Å². The summed E-state index contributed by atoms with van der Waals surface area (Å²) in [6, 6.07) is 10.8. The van der Waals surface area contributed by atoms with E-state index >= 15 is 0 Å². The molecule has 16 heavy (non-hydrogen) atoms. The van der Waals surface area contributed by atoms with E-state index in [1.807, 2.05) is 13.8 Å². The summed E-state index contributed by atoms with van der Waals surface area (Å²) in [5.74, 6) is 0. The molecule has 0 fully saturated rings. The van der Waals surface area contributed by atoms with E-state index in [0.717, 1.165) is 7.11 Å². The molecule has 0 aromatic heterocycles. The summed E-state index contributed by atoms with van der Waals surface area (Å²) in [6.45, 7) is 10.9. The van der Waals surface area contributed by atoms with Gasteiger partial charge in [-0.1, -0.05) is 65.0 Å². The number of hydrogen-bond donors (Lipinski definition) is 1. The first kappa shape index (κ1) is 17.6. The Morgan fingerprint density at radius 2 is 1.31 bits per heavy atom. The Kier molecular flexibility index (Phi) is 11.7. The van der Waals surface area contributed by atoms with Crippen molar-refractivity contribution in [2.75, 3.05) is 7.11 Å². The van der Waals surface area contributed by atoms with Crippen LogP contribution in [0.15, 0.2) is 30.3 Å². The first-order chi connectivity index (χ1) is 7.73. The molecule has 0 saturated carbocycles. The summed E-state index contributed by atoms with van der Waals surface area (Å²) in [4.78, 5) is 0. The maximum absolute atomic E-state index is 7.00. The largest absolute Gasteiger partial charge is 0.400 e. The summed E-state index contributed by atoms with van der Waals surface area (Å²) < 4.78 is 0. The topological polar surface area (TPSA) is 20.2 Å². The van der Waals surface area contributed by atoms with E-state index in [4.69, 9.17) is 5.11 Å². The minimum atomic E-state index is 0.376. The molecule has 1 aromatic carbocycles. The predicted octanol–water partition coefficient (Wildman–Crippen LogP) is 4.40. The van der Waals surface area contributed by atoms with E-state index in [2.05, 4.69) is 51.1 Å². The number of hydrogen-bond acceptors (Lipinski definition) is 1. The monoisotopic (exact) mass is 224 g/mol. The zero-order valence-corrected chi connectivity index (χ0v) is 11.7. The van der Waals surface area contributed by atoms with Gasteiger partial charge in [0, 0.05) is 7.11 Å². The lowest BCUT2D eigenvalue weighted by Crippen LogP contribution is -2.18. The van der Waals surface area contributed by atoms with Crippen molar-refractivity contribution >= 4 is 0 Å². The van der Waals surface area contributed by atoms with Crippen LogP contribution in [-0.4, -0.2) is 12.2 Å². The van der Waals surface area contributed by atoms with Crippen molar-refractivity contribution in [3.8, 4) is 0 Å². The Morgan fingerprint density at radius 3 is 1.62 bits per heavy atom. The number of aliphatic hydroxyl groups excluding tert-OH is 1. The summed E-state index contributed by atoms with van der Waals surface area (Å²) in [5, 5.41) is 7.00. The van der Waals surface area contributed by atoms with Gasteiger partial charge >= 0.3 is 0 Å². The molecule has 0 atom stereocenters. The lowest BCUT2D eigenvalue weighted by atomic mass is 9.78. The Balaban J connectivity index is 0. The van der Waals surface area contributed by atoms with Crippen LogP contribution in [0.2, 0.25) is 0 Å². The normalized spacial score (nSPS) is 9.44. The fourth-order valence-electron chi connectivity index (χ4n) is 1.50. The zero-order chi connectivity index (χ0) is 13.0. The molecule has 0 aliphatic carbocycles. The van der Waals surface area contributed by atoms with Crippen molar-refractivity contribution in [2.24, 2.45) is 0 Å². The molecule has 1 aromatic rings. The highest BCUT2D eigenvalue weighted by atomic mass is 16.2. The van der Waals surface area contributed by atoms with E-state index < -0.39 is 0 Å². The van der Waals surface area contributed by atoms with E-state index in [0.29, 0.717) is 5.41 Å². The second kappa shape index (κ2) is 10.7. The summed E-state index contributed by atoms with van der Waals surface area (Å²) >= 11 is 0. The molecular weight excluding hydrogens is 196 g/mol. The van der Waals surface area contributed by atoms with Crippen LogP contribution in [0.5, 0.6) is 0 Å². The molecule has 0 radical (unpaired) electrons. The summed E-state index contributed by atoms with van der Waals surface area (Å²) in [7, 11) is 1.00. The average molecular weight is 224 g/mol. The van der Waals surface area contributed by atoms with Crippen LogP contribution in [-0.2, 0) is 5.41 Å². The molecule has 0 spiro atoms. The highest BCUT2D eigenvalue weighted by Crippen LogP contribution is 2.30. The fourth-order valence-corrected chi connectivity index (χ4v) is 1.50. The van der Waals surface area contributed by atoms with Crippen LogP contribution in [0.1, 0.15) is 53.0 Å². The molecule has 0 aliphatic heterocycles. The van der Waals surface area contributed by atoms with E-state index in [1.54, 1.807) is 0 Å². The molecule has 1 rings (SSSR count). The Hall–Kier alpha value is -0.820. The fraction of sp³-hybridized carbons (Fsp3) is 0.600. The Morgan fingerprint density at radius 1 is 0.938 bits per heavy atom. The number of rotatable bonds is 3. The van der Waals surface area contributed by atoms with Gasteiger partial charge in [0.25, 0.3) is 0 Å². The van der Waals surface area contributed by atoms with Crippen molar-refractivity contribution in [1.82, 2.24) is 0 Å². The molecule has 1 nitrogen and oxygen atoms in total. The van der Waals surface area contributed by atoms with E-state index in [9.17, 15) is 0 Å². The van der Waals surface area contributed by atoms with Gasteiger partial charge in [0.1, 0.15) is 0 Å². The second-order valence-corrected chi connectivity index (χ2v) is 3.63. The molecule has 0 amide bonds. The molecule has 1 N–H and O–H groups in total. The Labute approximate surface area is 102 Å². The second-order valence-electron chi connectivity index (χ2n) is 3.63. The molecule has 0 saturated heterocycles. The standard InChI is InChI=1S/C12H18.C2H6.CH4O/c1-4-12(3,5-2)11-9-7-6-8-10-11;2*1-2/h6-10H,4-5H2,1-3H3;1-2H3;2H,1H3. The SMILES string of the molecule is CC.CCC(C)(CC)c1ccccc1.CO. The van der Waals surface area contributed by atoms with Crippen LogP contribution >= 0.6 is 0 Å². The van der Waals surface area contributed by atoms with Gasteiger partial charge in [0.15, 0.2) is 0 Å². The third-order valence-electron chi connectivity index (χ3n) is 3.03. The van der Waals surface area contributed by atoms with Crippen LogP contribution in [0.4, 0.5) is 0 Å². The van der Waals surface area contributed by atoms with Gasteiger partial charge in [-0.25, -0.2) is 0 Å². The molecular formula is C15H28O. The highest BCUT2D eigenvalue weighted by Gasteiger charge is 2.20. The molecule has 94 valence electrons. The van der Waals surface area contributed by atoms with Gasteiger partial charge in [0.2, 0.25) is 0 Å². The first-order valence-electron chi connectivity index (χ1n) is 6.23. The minimum absolute atomic E-state index is 0.376. The molecule has 0 heterocycles. The smallest absolute Gasteiger partial charge is 0.0319 e. The summed E-state index contributed by atoms with van der Waals surface area (Å²) in [6.07, 6.45) is 2.43. The van der Waals surface area contributed by atoms with Crippen molar-refractivity contribution in [2.45, 2.75) is 52.9 Å². The third kappa shape index (κ3) is 5.32. The van der Waals surface area contributed by atoms with Gasteiger partial charge < -0.3 is 5.11 Å². The van der Waals surface area contributed by atoms with Crippen molar-refractivity contribution in [1.29, 1.82) is 0 Å². The average Bonchev–Trinajstić information content (AvgIpc) is 2.43. The van der Waals surface area contributed by atoms with Gasteiger partial charge in [0.05, 0.1) is 0 Å². The van der Waals surface area contributed by atoms with Crippen LogP contribution < -0.4 is 0 Å². The van der Waals surface area contributed by atoms with Gasteiger partial charge in [-0.15, -0.1) is 0 Å². The van der Waals surface area contributed by atoms with E-state index in [-0.39, 0.29) is 0 Å². The van der Waals surface area contributed by atoms with Crippen molar-refractivity contribution in [3.63, 3.8) is 0 Å². The highest BCUT2D eigenvalue weighted by molar-refractivity contribution is 5.23. The molecule has 0 unspecified atom stereocenters. The molecule has 1 heteroatoms. The van der Waals surface area contributed by atoms with Crippen LogP contribution in [0, 0.1) is 0 Å². The minimum Gasteiger partial charge on any atom is -0.400 e. The molecule has 0 aliphatic rings. The quantitative estimate of drug-likeness (QED) is 0.807. The van der Waals surface area contributed by atoms with Gasteiger partial charge in [-0.2, -0.15) is 0 Å². The van der Waals surface area contributed by atoms with Crippen molar-refractivity contribution < 1.29 is 5.11 Å². The maximum Gasteiger partial charge on any atom is 0.0319 e. The lowest BCUT2D eigenvalue weighted by Gasteiger charge is -2.27. The number of benzene rings is 1. The maximum atomic E-state index is 7.00. The third-order valence-corrected chi connectivity index (χ3v) is 3.03. The Bertz CT molecular complexity index is 224.